The molecule has 0 aliphatic rings. The summed E-state index contributed by atoms with van der Waals surface area (Å²) < 4.78 is 0. The minimum atomic E-state index is -0.122. The summed E-state index contributed by atoms with van der Waals surface area (Å²) in [5.74, 6) is 0.802. The molecule has 0 radical (unpaired) electrons. The van der Waals surface area contributed by atoms with Crippen LogP contribution in [0.3, 0.4) is 0 Å². The van der Waals surface area contributed by atoms with Gasteiger partial charge in [0.15, 0.2) is 0 Å². The van der Waals surface area contributed by atoms with Crippen LogP contribution in [-0.2, 0) is 0 Å². The van der Waals surface area contributed by atoms with E-state index in [2.05, 4.69) is 29.0 Å². The van der Waals surface area contributed by atoms with Crippen molar-refractivity contribution in [3.8, 4) is 0 Å². The van der Waals surface area contributed by atoms with E-state index in [0.29, 0.717) is 11.3 Å². The second kappa shape index (κ2) is 6.70. The highest BCUT2D eigenvalue weighted by molar-refractivity contribution is 6.04. The molecule has 20 heavy (non-hydrogen) atoms. The van der Waals surface area contributed by atoms with Gasteiger partial charge in [-0.05, 0) is 38.1 Å². The zero-order valence-electron chi connectivity index (χ0n) is 11.8. The van der Waals surface area contributed by atoms with Crippen molar-refractivity contribution in [2.45, 2.75) is 13.8 Å². The molecule has 4 nitrogen and oxygen atoms in total. The molecule has 0 aliphatic carbocycles. The van der Waals surface area contributed by atoms with Gasteiger partial charge in [0.1, 0.15) is 5.82 Å². The Hall–Kier alpha value is -2.36. The fourth-order valence-electron chi connectivity index (χ4n) is 1.99. The molecule has 0 fully saturated rings. The Kier molecular flexibility index (Phi) is 4.71. The van der Waals surface area contributed by atoms with Gasteiger partial charge in [-0.15, -0.1) is 0 Å². The normalized spacial score (nSPS) is 10.1. The summed E-state index contributed by atoms with van der Waals surface area (Å²) in [6.07, 6.45) is 1.69. The molecular weight excluding hydrogens is 250 g/mol. The SMILES string of the molecule is CCN(CC)c1ccc(NC(=O)c2ccccc2)cn1. The van der Waals surface area contributed by atoms with E-state index >= 15 is 0 Å². The lowest BCUT2D eigenvalue weighted by Gasteiger charge is -2.19. The van der Waals surface area contributed by atoms with Crippen molar-refractivity contribution < 1.29 is 4.79 Å². The molecule has 1 aromatic heterocycles. The van der Waals surface area contributed by atoms with Gasteiger partial charge in [-0.2, -0.15) is 0 Å². The number of nitrogens with one attached hydrogen (secondary N) is 1. The number of hydrogen-bond donors (Lipinski definition) is 1. The number of carbonyl (C=O) groups is 1. The Balaban J connectivity index is 2.06. The van der Waals surface area contributed by atoms with Gasteiger partial charge < -0.3 is 10.2 Å². The topological polar surface area (TPSA) is 45.2 Å². The lowest BCUT2D eigenvalue weighted by Crippen LogP contribution is -2.22. The van der Waals surface area contributed by atoms with Crippen LogP contribution in [0.5, 0.6) is 0 Å². The van der Waals surface area contributed by atoms with E-state index in [1.165, 1.54) is 0 Å². The average molecular weight is 269 g/mol. The van der Waals surface area contributed by atoms with Crippen LogP contribution < -0.4 is 10.2 Å². The summed E-state index contributed by atoms with van der Waals surface area (Å²) in [4.78, 5) is 18.5. The fourth-order valence-corrected chi connectivity index (χ4v) is 1.99. The van der Waals surface area contributed by atoms with E-state index in [-0.39, 0.29) is 5.91 Å². The molecule has 0 atom stereocenters. The Morgan fingerprint density at radius 2 is 1.80 bits per heavy atom. The van der Waals surface area contributed by atoms with E-state index in [1.54, 1.807) is 18.3 Å². The molecular formula is C16H19N3O. The first-order valence-corrected chi connectivity index (χ1v) is 6.82. The summed E-state index contributed by atoms with van der Waals surface area (Å²) >= 11 is 0. The van der Waals surface area contributed by atoms with E-state index in [1.807, 2.05) is 30.3 Å². The summed E-state index contributed by atoms with van der Waals surface area (Å²) in [6, 6.07) is 12.9. The summed E-state index contributed by atoms with van der Waals surface area (Å²) in [5, 5.41) is 2.84. The van der Waals surface area contributed by atoms with Gasteiger partial charge in [-0.1, -0.05) is 18.2 Å². The van der Waals surface area contributed by atoms with Crippen molar-refractivity contribution in [2.24, 2.45) is 0 Å². The molecule has 0 bridgehead atoms. The van der Waals surface area contributed by atoms with Crippen molar-refractivity contribution >= 4 is 17.4 Å². The molecule has 0 aliphatic heterocycles. The fraction of sp³-hybridized carbons (Fsp3) is 0.250. The van der Waals surface area contributed by atoms with E-state index < -0.39 is 0 Å². The highest BCUT2D eigenvalue weighted by Gasteiger charge is 2.07. The second-order valence-corrected chi connectivity index (χ2v) is 4.40. The zero-order chi connectivity index (χ0) is 14.4. The van der Waals surface area contributed by atoms with Gasteiger partial charge in [-0.3, -0.25) is 4.79 Å². The molecule has 0 unspecified atom stereocenters. The van der Waals surface area contributed by atoms with Gasteiger partial charge >= 0.3 is 0 Å². The third-order valence-corrected chi connectivity index (χ3v) is 3.13. The minimum absolute atomic E-state index is 0.122. The van der Waals surface area contributed by atoms with Gasteiger partial charge in [0.2, 0.25) is 0 Å². The maximum absolute atomic E-state index is 12.0. The molecule has 104 valence electrons. The smallest absolute Gasteiger partial charge is 0.255 e. The van der Waals surface area contributed by atoms with Crippen LogP contribution in [0.25, 0.3) is 0 Å². The van der Waals surface area contributed by atoms with Crippen LogP contribution in [0.4, 0.5) is 11.5 Å². The number of rotatable bonds is 5. The maximum Gasteiger partial charge on any atom is 0.255 e. The number of amides is 1. The number of pyridine rings is 1. The summed E-state index contributed by atoms with van der Waals surface area (Å²) in [5.41, 5.74) is 1.34. The van der Waals surface area contributed by atoms with E-state index in [0.717, 1.165) is 18.9 Å². The van der Waals surface area contributed by atoms with Gasteiger partial charge in [0.25, 0.3) is 5.91 Å². The van der Waals surface area contributed by atoms with Gasteiger partial charge in [0, 0.05) is 18.7 Å². The third-order valence-electron chi connectivity index (χ3n) is 3.13. The largest absolute Gasteiger partial charge is 0.357 e. The lowest BCUT2D eigenvalue weighted by atomic mass is 10.2. The number of nitrogens with zero attached hydrogens (tertiary/aromatic N) is 2. The first-order valence-electron chi connectivity index (χ1n) is 6.82. The van der Waals surface area contributed by atoms with Crippen molar-refractivity contribution in [3.05, 3.63) is 54.2 Å². The van der Waals surface area contributed by atoms with Crippen LogP contribution in [0.15, 0.2) is 48.7 Å². The quantitative estimate of drug-likeness (QED) is 0.906. The Morgan fingerprint density at radius 1 is 1.10 bits per heavy atom. The molecule has 1 N–H and O–H groups in total. The monoisotopic (exact) mass is 269 g/mol. The van der Waals surface area contributed by atoms with Crippen LogP contribution in [-0.4, -0.2) is 24.0 Å². The van der Waals surface area contributed by atoms with Crippen molar-refractivity contribution in [1.29, 1.82) is 0 Å². The molecule has 0 spiro atoms. The predicted molar refractivity (Wildman–Crippen MR) is 82.2 cm³/mol. The molecule has 0 saturated heterocycles. The zero-order valence-corrected chi connectivity index (χ0v) is 11.8. The summed E-state index contributed by atoms with van der Waals surface area (Å²) in [6.45, 7) is 6.02. The van der Waals surface area contributed by atoms with Crippen LogP contribution >= 0.6 is 0 Å². The van der Waals surface area contributed by atoms with Crippen LogP contribution in [0.2, 0.25) is 0 Å². The molecule has 0 saturated carbocycles. The highest BCUT2D eigenvalue weighted by Crippen LogP contribution is 2.14. The minimum Gasteiger partial charge on any atom is -0.357 e. The molecule has 2 rings (SSSR count). The average Bonchev–Trinajstić information content (AvgIpc) is 2.51. The standard InChI is InChI=1S/C16H19N3O/c1-3-19(4-2)15-11-10-14(12-17-15)18-16(20)13-8-6-5-7-9-13/h5-12H,3-4H2,1-2H3,(H,18,20). The second-order valence-electron chi connectivity index (χ2n) is 4.40. The number of hydrogen-bond acceptors (Lipinski definition) is 3. The van der Waals surface area contributed by atoms with Crippen molar-refractivity contribution in [3.63, 3.8) is 0 Å². The number of anilines is 2. The maximum atomic E-state index is 12.0. The summed E-state index contributed by atoms with van der Waals surface area (Å²) in [7, 11) is 0. The van der Waals surface area contributed by atoms with Crippen molar-refractivity contribution in [2.75, 3.05) is 23.3 Å². The Morgan fingerprint density at radius 3 is 2.35 bits per heavy atom. The van der Waals surface area contributed by atoms with E-state index in [4.69, 9.17) is 0 Å². The third kappa shape index (κ3) is 3.35. The van der Waals surface area contributed by atoms with Crippen LogP contribution in [0, 0.1) is 0 Å². The molecule has 1 aromatic carbocycles. The first-order chi connectivity index (χ1) is 9.74. The predicted octanol–water partition coefficient (Wildman–Crippen LogP) is 3.18. The highest BCUT2D eigenvalue weighted by atomic mass is 16.1. The van der Waals surface area contributed by atoms with Gasteiger partial charge in [0.05, 0.1) is 11.9 Å². The van der Waals surface area contributed by atoms with Gasteiger partial charge in [-0.25, -0.2) is 4.98 Å². The number of benzene rings is 1. The molecule has 2 aromatic rings. The Bertz CT molecular complexity index is 548. The molecule has 4 heteroatoms. The first kappa shape index (κ1) is 14.1. The van der Waals surface area contributed by atoms with Crippen molar-refractivity contribution in [1.82, 2.24) is 4.98 Å². The van der Waals surface area contributed by atoms with Crippen LogP contribution in [0.1, 0.15) is 24.2 Å². The Labute approximate surface area is 119 Å². The lowest BCUT2D eigenvalue weighted by molar-refractivity contribution is 0.102. The van der Waals surface area contributed by atoms with E-state index in [9.17, 15) is 4.79 Å². The number of aromatic nitrogens is 1. The molecule has 1 heterocycles. The molecule has 1 amide bonds. The number of carbonyl (C=O) groups excluding carboxylic acids is 1.